The van der Waals surface area contributed by atoms with Gasteiger partial charge in [0, 0.05) is 44.7 Å². The summed E-state index contributed by atoms with van der Waals surface area (Å²) >= 11 is 0. The van der Waals surface area contributed by atoms with Gasteiger partial charge in [0.25, 0.3) is 0 Å². The van der Waals surface area contributed by atoms with Crippen LogP contribution < -0.4 is 16.0 Å². The SMILES string of the molecule is CCNC(=NCC(C)N1CCOCC1)NCCNC(=O)C1CC1. The van der Waals surface area contributed by atoms with Crippen LogP contribution >= 0.6 is 0 Å². The number of amides is 1. The van der Waals surface area contributed by atoms with Crippen molar-refractivity contribution in [2.45, 2.75) is 32.7 Å². The number of aliphatic imine (C=N–C) groups is 1. The number of hydrogen-bond donors (Lipinski definition) is 3. The van der Waals surface area contributed by atoms with Crippen LogP contribution in [-0.4, -0.2) is 75.3 Å². The fraction of sp³-hybridized carbons (Fsp3) is 0.875. The fourth-order valence-corrected chi connectivity index (χ4v) is 2.56. The molecule has 0 aromatic heterocycles. The fourth-order valence-electron chi connectivity index (χ4n) is 2.56. The molecule has 0 spiro atoms. The Morgan fingerprint density at radius 2 is 1.91 bits per heavy atom. The van der Waals surface area contributed by atoms with Crippen molar-refractivity contribution in [1.29, 1.82) is 0 Å². The van der Waals surface area contributed by atoms with Crippen LogP contribution in [0.5, 0.6) is 0 Å². The van der Waals surface area contributed by atoms with Gasteiger partial charge in [0.15, 0.2) is 5.96 Å². The molecule has 2 rings (SSSR count). The monoisotopic (exact) mass is 325 g/mol. The lowest BCUT2D eigenvalue weighted by molar-refractivity contribution is -0.122. The molecule has 2 aliphatic rings. The van der Waals surface area contributed by atoms with Gasteiger partial charge < -0.3 is 20.7 Å². The second kappa shape index (κ2) is 9.72. The Bertz CT molecular complexity index is 392. The van der Waals surface area contributed by atoms with Crippen molar-refractivity contribution in [3.8, 4) is 0 Å². The molecular formula is C16H31N5O2. The highest BCUT2D eigenvalue weighted by atomic mass is 16.5. The molecule has 1 saturated heterocycles. The standard InChI is InChI=1S/C16H31N5O2/c1-3-17-16(19-7-6-18-15(22)14-4-5-14)20-12-13(2)21-8-10-23-11-9-21/h13-14H,3-12H2,1-2H3,(H,18,22)(H2,17,19,20). The Morgan fingerprint density at radius 3 is 2.57 bits per heavy atom. The van der Waals surface area contributed by atoms with Gasteiger partial charge in [-0.25, -0.2) is 0 Å². The summed E-state index contributed by atoms with van der Waals surface area (Å²) in [6.07, 6.45) is 2.09. The molecule has 0 radical (unpaired) electrons. The Hall–Kier alpha value is -1.34. The van der Waals surface area contributed by atoms with Crippen LogP contribution in [0.15, 0.2) is 4.99 Å². The molecule has 1 atom stereocenters. The molecule has 1 heterocycles. The Labute approximate surface area is 139 Å². The quantitative estimate of drug-likeness (QED) is 0.327. The van der Waals surface area contributed by atoms with E-state index < -0.39 is 0 Å². The minimum atomic E-state index is 0.190. The molecular weight excluding hydrogens is 294 g/mol. The zero-order valence-corrected chi connectivity index (χ0v) is 14.4. The van der Waals surface area contributed by atoms with Crippen LogP contribution in [0.3, 0.4) is 0 Å². The van der Waals surface area contributed by atoms with Crippen LogP contribution in [0, 0.1) is 5.92 Å². The molecule has 1 aliphatic heterocycles. The summed E-state index contributed by atoms with van der Waals surface area (Å²) in [7, 11) is 0. The van der Waals surface area contributed by atoms with E-state index in [1.165, 1.54) is 0 Å². The van der Waals surface area contributed by atoms with Gasteiger partial charge in [0.2, 0.25) is 5.91 Å². The van der Waals surface area contributed by atoms with Gasteiger partial charge in [-0.05, 0) is 26.7 Å². The Balaban J connectivity index is 1.66. The summed E-state index contributed by atoms with van der Waals surface area (Å²) in [5.74, 6) is 1.27. The van der Waals surface area contributed by atoms with Crippen molar-refractivity contribution in [2.24, 2.45) is 10.9 Å². The highest BCUT2D eigenvalue weighted by Gasteiger charge is 2.28. The van der Waals surface area contributed by atoms with Gasteiger partial charge in [-0.1, -0.05) is 0 Å². The number of hydrogen-bond acceptors (Lipinski definition) is 4. The van der Waals surface area contributed by atoms with Crippen molar-refractivity contribution >= 4 is 11.9 Å². The lowest BCUT2D eigenvalue weighted by Gasteiger charge is -2.31. The van der Waals surface area contributed by atoms with E-state index in [-0.39, 0.29) is 11.8 Å². The summed E-state index contributed by atoms with van der Waals surface area (Å²) in [6, 6.07) is 0.406. The van der Waals surface area contributed by atoms with E-state index in [2.05, 4.69) is 39.7 Å². The summed E-state index contributed by atoms with van der Waals surface area (Å²) in [5, 5.41) is 9.47. The maximum atomic E-state index is 11.6. The average Bonchev–Trinajstić information content (AvgIpc) is 3.41. The van der Waals surface area contributed by atoms with Crippen LogP contribution in [0.4, 0.5) is 0 Å². The highest BCUT2D eigenvalue weighted by Crippen LogP contribution is 2.28. The largest absolute Gasteiger partial charge is 0.379 e. The lowest BCUT2D eigenvalue weighted by Crippen LogP contribution is -2.45. The number of nitrogens with one attached hydrogen (secondary N) is 3. The molecule has 3 N–H and O–H groups in total. The van der Waals surface area contributed by atoms with Crippen LogP contribution in [0.2, 0.25) is 0 Å². The number of morpholine rings is 1. The predicted octanol–water partition coefficient (Wildman–Crippen LogP) is -0.212. The van der Waals surface area contributed by atoms with Gasteiger partial charge in [-0.2, -0.15) is 0 Å². The van der Waals surface area contributed by atoms with Gasteiger partial charge in [0.05, 0.1) is 19.8 Å². The summed E-state index contributed by atoms with van der Waals surface area (Å²) in [4.78, 5) is 18.6. The van der Waals surface area contributed by atoms with Gasteiger partial charge in [-0.15, -0.1) is 0 Å². The number of rotatable bonds is 8. The Kier molecular flexibility index (Phi) is 7.61. The number of guanidine groups is 1. The molecule has 23 heavy (non-hydrogen) atoms. The van der Waals surface area contributed by atoms with E-state index in [0.717, 1.165) is 58.2 Å². The molecule has 1 aliphatic carbocycles. The highest BCUT2D eigenvalue weighted by molar-refractivity contribution is 5.81. The third-order valence-corrected chi connectivity index (χ3v) is 4.19. The van der Waals surface area contributed by atoms with Crippen molar-refractivity contribution in [2.75, 3.05) is 52.5 Å². The first-order valence-electron chi connectivity index (χ1n) is 8.82. The van der Waals surface area contributed by atoms with Gasteiger partial charge in [0.1, 0.15) is 0 Å². The first-order valence-corrected chi connectivity index (χ1v) is 8.82. The number of ether oxygens (including phenoxy) is 1. The van der Waals surface area contributed by atoms with E-state index in [4.69, 9.17) is 4.74 Å². The zero-order valence-electron chi connectivity index (χ0n) is 14.4. The molecule has 0 bridgehead atoms. The molecule has 0 aromatic rings. The minimum absolute atomic E-state index is 0.190. The minimum Gasteiger partial charge on any atom is -0.379 e. The molecule has 0 aromatic carbocycles. The van der Waals surface area contributed by atoms with Crippen LogP contribution in [0.1, 0.15) is 26.7 Å². The molecule has 2 fully saturated rings. The van der Waals surface area contributed by atoms with E-state index in [1.807, 2.05) is 0 Å². The second-order valence-electron chi connectivity index (χ2n) is 6.21. The van der Waals surface area contributed by atoms with Crippen molar-refractivity contribution in [1.82, 2.24) is 20.9 Å². The first kappa shape index (κ1) is 18.0. The third-order valence-electron chi connectivity index (χ3n) is 4.19. The summed E-state index contributed by atoms with van der Waals surface area (Å²) < 4.78 is 5.38. The van der Waals surface area contributed by atoms with E-state index >= 15 is 0 Å². The normalized spacial score (nSPS) is 20.9. The smallest absolute Gasteiger partial charge is 0.223 e. The number of carbonyl (C=O) groups is 1. The maximum Gasteiger partial charge on any atom is 0.223 e. The third kappa shape index (κ3) is 6.74. The van der Waals surface area contributed by atoms with Crippen molar-refractivity contribution in [3.63, 3.8) is 0 Å². The molecule has 7 nitrogen and oxygen atoms in total. The maximum absolute atomic E-state index is 11.6. The number of nitrogens with zero attached hydrogens (tertiary/aromatic N) is 2. The van der Waals surface area contributed by atoms with Crippen LogP contribution in [0.25, 0.3) is 0 Å². The first-order chi connectivity index (χ1) is 11.2. The topological polar surface area (TPSA) is 78.0 Å². The Morgan fingerprint density at radius 1 is 1.22 bits per heavy atom. The van der Waals surface area contributed by atoms with Crippen LogP contribution in [-0.2, 0) is 9.53 Å². The van der Waals surface area contributed by atoms with E-state index in [1.54, 1.807) is 0 Å². The zero-order chi connectivity index (χ0) is 16.5. The van der Waals surface area contributed by atoms with Crippen molar-refractivity contribution < 1.29 is 9.53 Å². The lowest BCUT2D eigenvalue weighted by atomic mass is 10.2. The predicted molar refractivity (Wildman–Crippen MR) is 91.6 cm³/mol. The van der Waals surface area contributed by atoms with E-state index in [0.29, 0.717) is 19.1 Å². The molecule has 1 unspecified atom stereocenters. The molecule has 1 amide bonds. The average molecular weight is 325 g/mol. The second-order valence-corrected chi connectivity index (χ2v) is 6.21. The number of carbonyl (C=O) groups excluding carboxylic acids is 1. The summed E-state index contributed by atoms with van der Waals surface area (Å²) in [5.41, 5.74) is 0. The summed E-state index contributed by atoms with van der Waals surface area (Å²) in [6.45, 7) is 10.7. The van der Waals surface area contributed by atoms with Crippen molar-refractivity contribution in [3.05, 3.63) is 0 Å². The van der Waals surface area contributed by atoms with E-state index in [9.17, 15) is 4.79 Å². The molecule has 1 saturated carbocycles. The molecule has 132 valence electrons. The van der Waals surface area contributed by atoms with Gasteiger partial charge in [-0.3, -0.25) is 14.7 Å². The molecule has 7 heteroatoms. The van der Waals surface area contributed by atoms with Gasteiger partial charge >= 0.3 is 0 Å².